The first-order chi connectivity index (χ1) is 20.3. The molecule has 2 heterocycles. The maximum absolute atomic E-state index is 6.29. The van der Waals surface area contributed by atoms with E-state index in [1.807, 2.05) is 72.8 Å². The minimum Gasteiger partial charge on any atom is -0.456 e. The largest absolute Gasteiger partial charge is 0.456 e. The molecule has 0 amide bonds. The van der Waals surface area contributed by atoms with Crippen molar-refractivity contribution < 1.29 is 4.74 Å². The summed E-state index contributed by atoms with van der Waals surface area (Å²) in [5, 5.41) is 2.34. The molecule has 0 radical (unpaired) electrons. The molecule has 0 saturated carbocycles. The van der Waals surface area contributed by atoms with Crippen molar-refractivity contribution in [1.29, 1.82) is 0 Å². The van der Waals surface area contributed by atoms with E-state index in [0.717, 1.165) is 50.3 Å². The molecule has 4 heteroatoms. The smallest absolute Gasteiger partial charge is 0.164 e. The molecule has 192 valence electrons. The Hall–Kier alpha value is -5.61. The van der Waals surface area contributed by atoms with Crippen LogP contribution in [-0.4, -0.2) is 15.0 Å². The number of aromatic nitrogens is 3. The van der Waals surface area contributed by atoms with Crippen molar-refractivity contribution in [3.8, 4) is 67.9 Å². The van der Waals surface area contributed by atoms with E-state index in [1.165, 1.54) is 10.9 Å². The zero-order valence-electron chi connectivity index (χ0n) is 22.0. The molecule has 0 bridgehead atoms. The quantitative estimate of drug-likeness (QED) is 0.230. The van der Waals surface area contributed by atoms with E-state index in [2.05, 4.69) is 66.7 Å². The molecule has 4 nitrogen and oxygen atoms in total. The van der Waals surface area contributed by atoms with Crippen LogP contribution in [0.25, 0.3) is 67.2 Å². The van der Waals surface area contributed by atoms with Gasteiger partial charge in [0.05, 0.1) is 0 Å². The Kier molecular flexibility index (Phi) is 5.42. The lowest BCUT2D eigenvalue weighted by atomic mass is 9.92. The van der Waals surface area contributed by atoms with Crippen LogP contribution in [0.2, 0.25) is 0 Å². The molecule has 0 fully saturated rings. The van der Waals surface area contributed by atoms with Crippen molar-refractivity contribution in [1.82, 2.24) is 15.0 Å². The first-order valence-electron chi connectivity index (χ1n) is 13.6. The fourth-order valence-corrected chi connectivity index (χ4v) is 5.49. The van der Waals surface area contributed by atoms with E-state index in [4.69, 9.17) is 19.7 Å². The third-order valence-corrected chi connectivity index (χ3v) is 7.53. The first-order valence-corrected chi connectivity index (χ1v) is 13.6. The van der Waals surface area contributed by atoms with Gasteiger partial charge in [-0.25, -0.2) is 15.0 Å². The number of hydrogen-bond donors (Lipinski definition) is 0. The summed E-state index contributed by atoms with van der Waals surface area (Å²) in [4.78, 5) is 14.5. The standard InChI is InChI=1S/C37H23N3O/c1-3-9-26(10-4-1)35-38-36(27-11-5-2-6-12-27)40-37(39-35)28-19-17-24(18-20-28)29-21-22-32-31(23-29)30-15-7-13-25-14-8-16-33(41-32)34(25)30/h1-23H. The van der Waals surface area contributed by atoms with E-state index in [9.17, 15) is 0 Å². The van der Waals surface area contributed by atoms with Crippen LogP contribution in [0.3, 0.4) is 0 Å². The lowest BCUT2D eigenvalue weighted by Gasteiger charge is -2.22. The fourth-order valence-electron chi connectivity index (χ4n) is 5.49. The predicted molar refractivity (Wildman–Crippen MR) is 165 cm³/mol. The van der Waals surface area contributed by atoms with Gasteiger partial charge in [0.1, 0.15) is 11.5 Å². The third-order valence-electron chi connectivity index (χ3n) is 7.53. The molecule has 7 aromatic rings. The molecule has 6 aromatic carbocycles. The third kappa shape index (κ3) is 4.14. The van der Waals surface area contributed by atoms with Gasteiger partial charge in [-0.2, -0.15) is 0 Å². The van der Waals surface area contributed by atoms with Gasteiger partial charge in [0.25, 0.3) is 0 Å². The number of hydrogen-bond acceptors (Lipinski definition) is 4. The van der Waals surface area contributed by atoms with Crippen molar-refractivity contribution in [3.05, 3.63) is 140 Å². The molecule has 0 unspecified atom stereocenters. The van der Waals surface area contributed by atoms with E-state index in [1.54, 1.807) is 0 Å². The number of ether oxygens (including phenoxy) is 1. The Labute approximate surface area is 237 Å². The van der Waals surface area contributed by atoms with Gasteiger partial charge in [-0.15, -0.1) is 0 Å². The first kappa shape index (κ1) is 23.3. The number of rotatable bonds is 4. The van der Waals surface area contributed by atoms with E-state index >= 15 is 0 Å². The molecule has 0 aliphatic carbocycles. The topological polar surface area (TPSA) is 47.9 Å². The van der Waals surface area contributed by atoms with Gasteiger partial charge in [0.2, 0.25) is 0 Å². The van der Waals surface area contributed by atoms with Crippen molar-refractivity contribution in [3.63, 3.8) is 0 Å². The second-order valence-electron chi connectivity index (χ2n) is 10.1. The summed E-state index contributed by atoms with van der Waals surface area (Å²) >= 11 is 0. The molecule has 0 N–H and O–H groups in total. The highest BCUT2D eigenvalue weighted by atomic mass is 16.5. The van der Waals surface area contributed by atoms with E-state index < -0.39 is 0 Å². The molecular weight excluding hydrogens is 502 g/mol. The van der Waals surface area contributed by atoms with Gasteiger partial charge in [-0.3, -0.25) is 0 Å². The molecule has 1 aliphatic heterocycles. The van der Waals surface area contributed by atoms with Gasteiger partial charge in [0.15, 0.2) is 17.5 Å². The second-order valence-corrected chi connectivity index (χ2v) is 10.1. The number of fused-ring (bicyclic) bond motifs is 2. The Morgan fingerprint density at radius 3 is 1.54 bits per heavy atom. The van der Waals surface area contributed by atoms with Crippen molar-refractivity contribution in [2.45, 2.75) is 0 Å². The Bertz CT molecular complexity index is 1990. The number of nitrogens with zero attached hydrogens (tertiary/aromatic N) is 3. The second kappa shape index (κ2) is 9.54. The van der Waals surface area contributed by atoms with E-state index in [-0.39, 0.29) is 0 Å². The normalized spacial score (nSPS) is 11.6. The van der Waals surface area contributed by atoms with Gasteiger partial charge in [-0.05, 0) is 40.3 Å². The highest BCUT2D eigenvalue weighted by Crippen LogP contribution is 2.47. The highest BCUT2D eigenvalue weighted by molar-refractivity contribution is 6.04. The SMILES string of the molecule is c1ccc(-c2nc(-c3ccccc3)nc(-c3ccc(-c4ccc5c(c4)-c4cccc6cccc(c46)O5)cc3)n2)cc1. The number of benzene rings is 6. The molecule has 41 heavy (non-hydrogen) atoms. The average Bonchev–Trinajstić information content (AvgIpc) is 3.06. The van der Waals surface area contributed by atoms with Crippen LogP contribution in [0.4, 0.5) is 0 Å². The van der Waals surface area contributed by atoms with Gasteiger partial charge in [-0.1, -0.05) is 121 Å². The van der Waals surface area contributed by atoms with Crippen LogP contribution < -0.4 is 4.74 Å². The van der Waals surface area contributed by atoms with Crippen LogP contribution in [0.1, 0.15) is 0 Å². The summed E-state index contributed by atoms with van der Waals surface area (Å²) in [7, 11) is 0. The summed E-state index contributed by atoms with van der Waals surface area (Å²) in [6, 6.07) is 47.5. The van der Waals surface area contributed by atoms with Crippen LogP contribution in [0.15, 0.2) is 140 Å². The van der Waals surface area contributed by atoms with Crippen molar-refractivity contribution >= 4 is 10.8 Å². The van der Waals surface area contributed by atoms with Crippen LogP contribution in [-0.2, 0) is 0 Å². The lowest BCUT2D eigenvalue weighted by molar-refractivity contribution is 0.487. The van der Waals surface area contributed by atoms with Crippen molar-refractivity contribution in [2.24, 2.45) is 0 Å². The van der Waals surface area contributed by atoms with Gasteiger partial charge >= 0.3 is 0 Å². The summed E-state index contributed by atoms with van der Waals surface area (Å²) in [5.74, 6) is 3.74. The highest BCUT2D eigenvalue weighted by Gasteiger charge is 2.20. The Balaban J connectivity index is 1.19. The maximum atomic E-state index is 6.29. The molecule has 0 spiro atoms. The Morgan fingerprint density at radius 2 is 0.902 bits per heavy atom. The van der Waals surface area contributed by atoms with Crippen molar-refractivity contribution in [2.75, 3.05) is 0 Å². The lowest BCUT2D eigenvalue weighted by Crippen LogP contribution is -2.00. The summed E-state index contributed by atoms with van der Waals surface area (Å²) < 4.78 is 6.29. The van der Waals surface area contributed by atoms with Crippen LogP contribution >= 0.6 is 0 Å². The maximum Gasteiger partial charge on any atom is 0.164 e. The molecule has 1 aromatic heterocycles. The van der Waals surface area contributed by atoms with Gasteiger partial charge < -0.3 is 4.74 Å². The summed E-state index contributed by atoms with van der Waals surface area (Å²) in [5.41, 5.74) is 7.39. The summed E-state index contributed by atoms with van der Waals surface area (Å²) in [6.45, 7) is 0. The Morgan fingerprint density at radius 1 is 0.366 bits per heavy atom. The zero-order chi connectivity index (χ0) is 27.2. The molecule has 0 saturated heterocycles. The predicted octanol–water partition coefficient (Wildman–Crippen LogP) is 9.47. The molecule has 1 aliphatic rings. The monoisotopic (exact) mass is 525 g/mol. The molecular formula is C37H23N3O. The van der Waals surface area contributed by atoms with Crippen LogP contribution in [0, 0.1) is 0 Å². The summed E-state index contributed by atoms with van der Waals surface area (Å²) in [6.07, 6.45) is 0. The average molecular weight is 526 g/mol. The zero-order valence-corrected chi connectivity index (χ0v) is 22.0. The van der Waals surface area contributed by atoms with Gasteiger partial charge in [0, 0.05) is 27.6 Å². The minimum atomic E-state index is 0.645. The van der Waals surface area contributed by atoms with Crippen LogP contribution in [0.5, 0.6) is 11.5 Å². The molecule has 8 rings (SSSR count). The fraction of sp³-hybridized carbons (Fsp3) is 0. The minimum absolute atomic E-state index is 0.645. The molecule has 0 atom stereocenters. The van der Waals surface area contributed by atoms with E-state index in [0.29, 0.717) is 17.5 Å².